The first-order valence-electron chi connectivity index (χ1n) is 14.2. The molecule has 2 rings (SSSR count). The van der Waals surface area contributed by atoms with Crippen molar-refractivity contribution in [3.05, 3.63) is 0 Å². The number of carboxylic acids is 3. The van der Waals surface area contributed by atoms with Crippen molar-refractivity contribution in [3.8, 4) is 0 Å². The first-order chi connectivity index (χ1) is 19.7. The Hall–Kier alpha value is -2.62. The van der Waals surface area contributed by atoms with Gasteiger partial charge in [0.1, 0.15) is 0 Å². The third kappa shape index (κ3) is 14.5. The number of aliphatic carboxylic acids is 3. The Bertz CT molecular complexity index is 980. The molecule has 0 aromatic rings. The van der Waals surface area contributed by atoms with Crippen LogP contribution in [-0.2, 0) is 28.5 Å². The van der Waals surface area contributed by atoms with Gasteiger partial charge in [-0.15, -0.1) is 0 Å². The van der Waals surface area contributed by atoms with Gasteiger partial charge in [0, 0.05) is 38.3 Å². The molecule has 0 radical (unpaired) electrons. The minimum absolute atomic E-state index is 0.0268. The highest BCUT2D eigenvalue weighted by atomic mass is 31.2. The molecule has 0 heterocycles. The Kier molecular flexibility index (Phi) is 14.8. The molecular weight excluding hydrogens is 577 g/mol. The van der Waals surface area contributed by atoms with Crippen LogP contribution in [0, 0.1) is 0 Å². The summed E-state index contributed by atoms with van der Waals surface area (Å²) >= 11 is 0. The van der Waals surface area contributed by atoms with E-state index < -0.39 is 56.7 Å². The zero-order valence-electron chi connectivity index (χ0n) is 23.7. The maximum absolute atomic E-state index is 12.6. The number of hydrogen-bond acceptors (Lipinski definition) is 9. The molecule has 0 bridgehead atoms. The van der Waals surface area contributed by atoms with Crippen LogP contribution in [0.3, 0.4) is 0 Å². The van der Waals surface area contributed by atoms with Crippen LogP contribution in [-0.4, -0.2) is 146 Å². The summed E-state index contributed by atoms with van der Waals surface area (Å²) in [6, 6.07) is -0.221. The van der Waals surface area contributed by atoms with Gasteiger partial charge in [0.2, 0.25) is 11.8 Å². The van der Waals surface area contributed by atoms with E-state index in [1.807, 2.05) is 0 Å². The Morgan fingerprint density at radius 2 is 0.929 bits per heavy atom. The number of hydrogen-bond donors (Lipinski definition) is 7. The molecule has 2 aliphatic carbocycles. The summed E-state index contributed by atoms with van der Waals surface area (Å²) in [4.78, 5) is 82.3. The van der Waals surface area contributed by atoms with Gasteiger partial charge in [-0.1, -0.05) is 12.8 Å². The van der Waals surface area contributed by atoms with Crippen LogP contribution >= 0.6 is 7.60 Å². The van der Waals surface area contributed by atoms with Gasteiger partial charge in [-0.05, 0) is 38.5 Å². The van der Waals surface area contributed by atoms with E-state index in [0.29, 0.717) is 12.8 Å². The number of amides is 2. The fraction of sp³-hybridized carbons (Fsp3) is 0.800. The van der Waals surface area contributed by atoms with Gasteiger partial charge < -0.3 is 35.7 Å². The molecule has 240 valence electrons. The molecule has 0 aromatic carbocycles. The Balaban J connectivity index is 1.91. The second kappa shape index (κ2) is 17.5. The lowest BCUT2D eigenvalue weighted by molar-refractivity contribution is -0.141. The molecule has 0 aromatic heterocycles. The van der Waals surface area contributed by atoms with Gasteiger partial charge >= 0.3 is 25.5 Å². The van der Waals surface area contributed by atoms with Crippen molar-refractivity contribution in [2.24, 2.45) is 0 Å². The second-order valence-corrected chi connectivity index (χ2v) is 13.0. The van der Waals surface area contributed by atoms with Crippen molar-refractivity contribution in [2.45, 2.75) is 69.1 Å². The molecule has 17 heteroatoms. The standard InChI is InChI=1S/C25H44N5O11P/c31-21(26-18-3-1-2-4-18)13-29(16-24(35)36)11-9-28(15-23(33)34)10-12-30(17-25(37)38)14-22(32)27-19-5-7-20(8-6-19)42(39,40)41/h18-20H,1-17H2,(H,26,31)(H,27,32)(H,33,34)(H,35,36)(H,37,38)(H2,39,40,41). The molecule has 0 spiro atoms. The fourth-order valence-electron chi connectivity index (χ4n) is 5.42. The minimum atomic E-state index is -4.19. The Labute approximate surface area is 244 Å². The van der Waals surface area contributed by atoms with Crippen molar-refractivity contribution < 1.29 is 53.6 Å². The summed E-state index contributed by atoms with van der Waals surface area (Å²) in [7, 11) is -4.19. The number of nitrogens with zero attached hydrogens (tertiary/aromatic N) is 3. The molecule has 0 saturated heterocycles. The first kappa shape index (κ1) is 35.6. The Morgan fingerprint density at radius 3 is 1.31 bits per heavy atom. The first-order valence-corrected chi connectivity index (χ1v) is 15.9. The SMILES string of the molecule is O=C(O)CN(CCN(CC(=O)O)CC(=O)NC1CCCC1)CCN(CC(=O)O)CC(=O)NC1CCC(P(=O)(O)O)CC1. The molecule has 42 heavy (non-hydrogen) atoms. The average molecular weight is 622 g/mol. The molecular formula is C25H44N5O11P. The third-order valence-corrected chi connectivity index (χ3v) is 9.00. The lowest BCUT2D eigenvalue weighted by atomic mass is 9.95. The minimum Gasteiger partial charge on any atom is -0.480 e. The topological polar surface area (TPSA) is 237 Å². The zero-order chi connectivity index (χ0) is 31.3. The van der Waals surface area contributed by atoms with Crippen molar-refractivity contribution in [1.29, 1.82) is 0 Å². The highest BCUT2D eigenvalue weighted by Gasteiger charge is 2.33. The van der Waals surface area contributed by atoms with Crippen molar-refractivity contribution in [1.82, 2.24) is 25.3 Å². The van der Waals surface area contributed by atoms with Crippen LogP contribution < -0.4 is 10.6 Å². The maximum atomic E-state index is 12.6. The highest BCUT2D eigenvalue weighted by Crippen LogP contribution is 2.47. The molecule has 2 fully saturated rings. The van der Waals surface area contributed by atoms with Crippen molar-refractivity contribution in [2.75, 3.05) is 58.9 Å². The van der Waals surface area contributed by atoms with Gasteiger partial charge in [0.05, 0.1) is 38.4 Å². The monoisotopic (exact) mass is 621 g/mol. The average Bonchev–Trinajstić information content (AvgIpc) is 3.37. The fourth-order valence-corrected chi connectivity index (χ4v) is 6.39. The quantitative estimate of drug-likeness (QED) is 0.0840. The molecule has 0 aliphatic heterocycles. The number of nitrogens with one attached hydrogen (secondary N) is 2. The predicted octanol–water partition coefficient (Wildman–Crippen LogP) is -1.19. The second-order valence-electron chi connectivity index (χ2n) is 11.1. The van der Waals surface area contributed by atoms with E-state index in [2.05, 4.69) is 10.6 Å². The number of carboxylic acid groups (broad SMARTS) is 3. The van der Waals surface area contributed by atoms with E-state index in [1.54, 1.807) is 0 Å². The number of rotatable bonds is 19. The van der Waals surface area contributed by atoms with Gasteiger partial charge in [0.15, 0.2) is 0 Å². The molecule has 0 atom stereocenters. The summed E-state index contributed by atoms with van der Waals surface area (Å²) in [5.41, 5.74) is -0.734. The van der Waals surface area contributed by atoms with Gasteiger partial charge in [-0.2, -0.15) is 0 Å². The third-order valence-electron chi connectivity index (χ3n) is 7.53. The highest BCUT2D eigenvalue weighted by molar-refractivity contribution is 7.52. The molecule has 2 saturated carbocycles. The van der Waals surface area contributed by atoms with Crippen molar-refractivity contribution in [3.63, 3.8) is 0 Å². The van der Waals surface area contributed by atoms with Gasteiger partial charge in [-0.3, -0.25) is 43.2 Å². The summed E-state index contributed by atoms with van der Waals surface area (Å²) in [6.07, 6.45) is 5.10. The lowest BCUT2D eigenvalue weighted by Crippen LogP contribution is -2.48. The zero-order valence-corrected chi connectivity index (χ0v) is 24.6. The van der Waals surface area contributed by atoms with E-state index in [0.717, 1.165) is 25.7 Å². The van der Waals surface area contributed by atoms with E-state index >= 15 is 0 Å². The molecule has 2 aliphatic rings. The van der Waals surface area contributed by atoms with Crippen molar-refractivity contribution >= 4 is 37.3 Å². The largest absolute Gasteiger partial charge is 0.480 e. The smallest absolute Gasteiger partial charge is 0.328 e. The summed E-state index contributed by atoms with van der Waals surface area (Å²) in [5, 5.41) is 33.7. The Morgan fingerprint density at radius 1 is 0.571 bits per heavy atom. The number of carbonyl (C=O) groups is 5. The van der Waals surface area contributed by atoms with Crippen LogP contribution in [0.1, 0.15) is 51.4 Å². The van der Waals surface area contributed by atoms with Crippen LogP contribution in [0.5, 0.6) is 0 Å². The molecule has 7 N–H and O–H groups in total. The molecule has 0 unspecified atom stereocenters. The molecule has 16 nitrogen and oxygen atoms in total. The van der Waals surface area contributed by atoms with Crippen LogP contribution in [0.25, 0.3) is 0 Å². The maximum Gasteiger partial charge on any atom is 0.328 e. The van der Waals surface area contributed by atoms with E-state index in [9.17, 15) is 53.6 Å². The summed E-state index contributed by atoms with van der Waals surface area (Å²) < 4.78 is 11.5. The van der Waals surface area contributed by atoms with E-state index in [-0.39, 0.29) is 70.1 Å². The predicted molar refractivity (Wildman–Crippen MR) is 149 cm³/mol. The summed E-state index contributed by atoms with van der Waals surface area (Å²) in [6.45, 7) is -1.49. The van der Waals surface area contributed by atoms with Gasteiger partial charge in [0.25, 0.3) is 0 Å². The normalized spacial score (nSPS) is 19.7. The number of carbonyl (C=O) groups excluding carboxylic acids is 2. The molecule has 2 amide bonds. The van der Waals surface area contributed by atoms with E-state index in [1.165, 1.54) is 14.7 Å². The van der Waals surface area contributed by atoms with Crippen LogP contribution in [0.4, 0.5) is 0 Å². The summed E-state index contributed by atoms with van der Waals surface area (Å²) in [5.74, 6) is -4.23. The lowest BCUT2D eigenvalue weighted by Gasteiger charge is -2.30. The van der Waals surface area contributed by atoms with Crippen LogP contribution in [0.2, 0.25) is 0 Å². The van der Waals surface area contributed by atoms with Crippen LogP contribution in [0.15, 0.2) is 0 Å². The van der Waals surface area contributed by atoms with Gasteiger partial charge in [-0.25, -0.2) is 0 Å². The van der Waals surface area contributed by atoms with E-state index in [4.69, 9.17) is 0 Å².